The Morgan fingerprint density at radius 2 is 1.86 bits per heavy atom. The Kier molecular flexibility index (Phi) is 5.17. The van der Waals surface area contributed by atoms with Crippen LogP contribution in [0.2, 0.25) is 5.02 Å². The minimum Gasteiger partial charge on any atom is -0.272 e. The molecule has 1 aromatic heterocycles. The number of nitrogens with zero attached hydrogens (tertiary/aromatic N) is 2. The van der Waals surface area contributed by atoms with Gasteiger partial charge in [-0.05, 0) is 30.3 Å². The fraction of sp³-hybridized carbons (Fsp3) is 0.188. The molecule has 2 amide bonds. The standard InChI is InChI=1S/C16H11ClF3N3O4S/c17-12-4-3-9(8-11(12)16(18,19)20)28(26,27)22-6-7-23-14(24)10-2-1-5-21-13(10)15(23)25/h1-5,8,22H,6-7H2. The Balaban J connectivity index is 1.72. The van der Waals surface area contributed by atoms with Crippen molar-refractivity contribution in [1.82, 2.24) is 14.6 Å². The second-order valence-corrected chi connectivity index (χ2v) is 7.87. The highest BCUT2D eigenvalue weighted by molar-refractivity contribution is 7.89. The van der Waals surface area contributed by atoms with Gasteiger partial charge in [0.2, 0.25) is 10.0 Å². The predicted octanol–water partition coefficient (Wildman–Crippen LogP) is 2.33. The molecule has 148 valence electrons. The lowest BCUT2D eigenvalue weighted by Crippen LogP contribution is -2.38. The Morgan fingerprint density at radius 1 is 1.14 bits per heavy atom. The van der Waals surface area contributed by atoms with Crippen LogP contribution in [0.4, 0.5) is 13.2 Å². The highest BCUT2D eigenvalue weighted by Gasteiger charge is 2.37. The van der Waals surface area contributed by atoms with Crippen LogP contribution in [0.5, 0.6) is 0 Å². The van der Waals surface area contributed by atoms with Gasteiger partial charge in [0.25, 0.3) is 11.8 Å². The first kappa shape index (κ1) is 20.2. The normalized spacial score (nSPS) is 14.5. The number of carbonyl (C=O) groups excluding carboxylic acids is 2. The summed E-state index contributed by atoms with van der Waals surface area (Å²) in [6.45, 7) is -0.704. The van der Waals surface area contributed by atoms with Crippen molar-refractivity contribution in [3.05, 3.63) is 58.4 Å². The van der Waals surface area contributed by atoms with Crippen molar-refractivity contribution in [2.45, 2.75) is 11.1 Å². The van der Waals surface area contributed by atoms with E-state index in [4.69, 9.17) is 11.6 Å². The van der Waals surface area contributed by atoms with Crippen LogP contribution in [0.1, 0.15) is 26.4 Å². The van der Waals surface area contributed by atoms with E-state index in [-0.39, 0.29) is 17.8 Å². The number of amides is 2. The Hall–Kier alpha value is -2.50. The third-order valence-corrected chi connectivity index (χ3v) is 5.70. The van der Waals surface area contributed by atoms with Crippen molar-refractivity contribution >= 4 is 33.4 Å². The molecule has 28 heavy (non-hydrogen) atoms. The summed E-state index contributed by atoms with van der Waals surface area (Å²) >= 11 is 5.47. The van der Waals surface area contributed by atoms with Gasteiger partial charge in [-0.25, -0.2) is 13.1 Å². The molecule has 0 fully saturated rings. The summed E-state index contributed by atoms with van der Waals surface area (Å²) in [6.07, 6.45) is -3.48. The molecule has 0 unspecified atom stereocenters. The van der Waals surface area contributed by atoms with Crippen LogP contribution in [-0.2, 0) is 16.2 Å². The van der Waals surface area contributed by atoms with Crippen LogP contribution in [-0.4, -0.2) is 43.2 Å². The average molecular weight is 434 g/mol. The zero-order valence-corrected chi connectivity index (χ0v) is 15.4. The molecular formula is C16H11ClF3N3O4S. The lowest BCUT2D eigenvalue weighted by atomic mass is 10.2. The monoisotopic (exact) mass is 433 g/mol. The maximum Gasteiger partial charge on any atom is 0.417 e. The molecule has 1 aliphatic rings. The van der Waals surface area contributed by atoms with Gasteiger partial charge in [0.05, 0.1) is 21.0 Å². The number of pyridine rings is 1. The lowest BCUT2D eigenvalue weighted by molar-refractivity contribution is -0.137. The van der Waals surface area contributed by atoms with Gasteiger partial charge in [-0.1, -0.05) is 11.6 Å². The maximum atomic E-state index is 12.9. The molecule has 0 bridgehead atoms. The summed E-state index contributed by atoms with van der Waals surface area (Å²) in [4.78, 5) is 28.3. The Morgan fingerprint density at radius 3 is 2.50 bits per heavy atom. The summed E-state index contributed by atoms with van der Waals surface area (Å²) in [6, 6.07) is 5.06. The van der Waals surface area contributed by atoms with E-state index in [0.717, 1.165) is 17.0 Å². The number of hydrogen-bond donors (Lipinski definition) is 1. The SMILES string of the molecule is O=C1c2cccnc2C(=O)N1CCNS(=O)(=O)c1ccc(Cl)c(C(F)(F)F)c1. The minimum absolute atomic E-state index is 0.0390. The number of sulfonamides is 1. The largest absolute Gasteiger partial charge is 0.417 e. The number of alkyl halides is 3. The van der Waals surface area contributed by atoms with E-state index in [9.17, 15) is 31.2 Å². The number of benzene rings is 1. The molecule has 0 saturated carbocycles. The molecule has 1 aromatic carbocycles. The number of nitrogens with one attached hydrogen (secondary N) is 1. The van der Waals surface area contributed by atoms with E-state index in [1.54, 1.807) is 0 Å². The molecule has 0 saturated heterocycles. The van der Waals surface area contributed by atoms with Gasteiger partial charge in [0.1, 0.15) is 5.69 Å². The van der Waals surface area contributed by atoms with Crippen molar-refractivity contribution in [3.63, 3.8) is 0 Å². The summed E-state index contributed by atoms with van der Waals surface area (Å²) < 4.78 is 65.3. The van der Waals surface area contributed by atoms with Gasteiger partial charge in [0.15, 0.2) is 0 Å². The van der Waals surface area contributed by atoms with Crippen LogP contribution in [0.15, 0.2) is 41.4 Å². The Labute approximate surface area is 162 Å². The zero-order chi connectivity index (χ0) is 20.7. The second-order valence-electron chi connectivity index (χ2n) is 5.70. The van der Waals surface area contributed by atoms with Gasteiger partial charge < -0.3 is 0 Å². The van der Waals surface area contributed by atoms with Gasteiger partial charge in [0, 0.05) is 19.3 Å². The number of rotatable bonds is 5. The van der Waals surface area contributed by atoms with Crippen LogP contribution in [0, 0.1) is 0 Å². The van der Waals surface area contributed by atoms with Crippen LogP contribution in [0.3, 0.4) is 0 Å². The van der Waals surface area contributed by atoms with E-state index in [2.05, 4.69) is 9.71 Å². The molecule has 1 N–H and O–H groups in total. The van der Waals surface area contributed by atoms with E-state index in [1.807, 2.05) is 0 Å². The van der Waals surface area contributed by atoms with Crippen LogP contribution >= 0.6 is 11.6 Å². The number of fused-ring (bicyclic) bond motifs is 1. The molecule has 2 aromatic rings. The average Bonchev–Trinajstić information content (AvgIpc) is 2.86. The lowest BCUT2D eigenvalue weighted by Gasteiger charge is -2.15. The molecule has 12 heteroatoms. The summed E-state index contributed by atoms with van der Waals surface area (Å²) in [5, 5.41) is -0.634. The van der Waals surface area contributed by atoms with Crippen molar-refractivity contribution in [2.24, 2.45) is 0 Å². The van der Waals surface area contributed by atoms with Crippen molar-refractivity contribution in [1.29, 1.82) is 0 Å². The number of aromatic nitrogens is 1. The Bertz CT molecular complexity index is 1040. The van der Waals surface area contributed by atoms with E-state index < -0.39 is 50.0 Å². The van der Waals surface area contributed by atoms with Crippen molar-refractivity contribution in [2.75, 3.05) is 13.1 Å². The molecule has 0 spiro atoms. The van der Waals surface area contributed by atoms with E-state index >= 15 is 0 Å². The molecule has 0 atom stereocenters. The number of hydrogen-bond acceptors (Lipinski definition) is 5. The molecule has 1 aliphatic heterocycles. The first-order valence-corrected chi connectivity index (χ1v) is 9.56. The zero-order valence-electron chi connectivity index (χ0n) is 13.8. The molecule has 2 heterocycles. The van der Waals surface area contributed by atoms with Crippen molar-refractivity contribution < 1.29 is 31.2 Å². The molecule has 7 nitrogen and oxygen atoms in total. The van der Waals surface area contributed by atoms with Gasteiger partial charge in [-0.3, -0.25) is 19.5 Å². The minimum atomic E-state index is -4.82. The van der Waals surface area contributed by atoms with Crippen LogP contribution in [0.25, 0.3) is 0 Å². The molecule has 0 radical (unpaired) electrons. The summed E-state index contributed by atoms with van der Waals surface area (Å²) in [7, 11) is -4.33. The molecule has 3 rings (SSSR count). The highest BCUT2D eigenvalue weighted by Crippen LogP contribution is 2.35. The fourth-order valence-corrected chi connectivity index (χ4v) is 3.85. The fourth-order valence-electron chi connectivity index (χ4n) is 2.58. The third kappa shape index (κ3) is 3.73. The van der Waals surface area contributed by atoms with Gasteiger partial charge in [-0.2, -0.15) is 13.2 Å². The first-order chi connectivity index (χ1) is 13.0. The summed E-state index contributed by atoms with van der Waals surface area (Å²) in [5.41, 5.74) is -1.23. The summed E-state index contributed by atoms with van der Waals surface area (Å²) in [5.74, 6) is -1.30. The second kappa shape index (κ2) is 7.15. The quantitative estimate of drug-likeness (QED) is 0.730. The molecule has 0 aliphatic carbocycles. The predicted molar refractivity (Wildman–Crippen MR) is 91.2 cm³/mol. The van der Waals surface area contributed by atoms with E-state index in [1.165, 1.54) is 18.3 Å². The smallest absolute Gasteiger partial charge is 0.272 e. The van der Waals surface area contributed by atoms with E-state index in [0.29, 0.717) is 6.07 Å². The van der Waals surface area contributed by atoms with Crippen molar-refractivity contribution in [3.8, 4) is 0 Å². The topological polar surface area (TPSA) is 96.4 Å². The van der Waals surface area contributed by atoms with Gasteiger partial charge >= 0.3 is 6.18 Å². The first-order valence-electron chi connectivity index (χ1n) is 7.70. The highest BCUT2D eigenvalue weighted by atomic mass is 35.5. The number of imide groups is 1. The maximum absolute atomic E-state index is 12.9. The molecular weight excluding hydrogens is 423 g/mol. The van der Waals surface area contributed by atoms with Crippen LogP contribution < -0.4 is 4.72 Å². The number of halogens is 4. The third-order valence-electron chi connectivity index (χ3n) is 3.91. The van der Waals surface area contributed by atoms with Gasteiger partial charge in [-0.15, -0.1) is 0 Å². The number of carbonyl (C=O) groups is 2.